The van der Waals surface area contributed by atoms with Crippen LogP contribution in [0.15, 0.2) is 146 Å². The third-order valence-electron chi connectivity index (χ3n) is 26.0. The second kappa shape index (κ2) is 62.9. The molecule has 20 heteroatoms. The van der Waals surface area contributed by atoms with Crippen LogP contribution >= 0.6 is 0 Å². The maximum atomic E-state index is 15.1. The highest BCUT2D eigenvalue weighted by atomic mass is 16.5. The molecule has 740 valence electrons. The molecule has 0 saturated carbocycles. The van der Waals surface area contributed by atoms with Crippen molar-refractivity contribution in [3.05, 3.63) is 190 Å². The van der Waals surface area contributed by atoms with Crippen LogP contribution in [0.4, 0.5) is 64.7 Å². The van der Waals surface area contributed by atoms with Crippen molar-refractivity contribution in [2.24, 2.45) is 0 Å². The van der Waals surface area contributed by atoms with Crippen LogP contribution in [0, 0.1) is 0 Å². The normalized spacial score (nSPS) is 16.6. The SMILES string of the molecule is CCCCCOc1c2cc3cc1Cc1cc4cc(c1OCCCCC)Cc1cc(cc(c1OCCCCC)Cc1cc(cc(c1OCCCCC)C2)NC(=O)Nc1cccc(c1)OCCCCCCCCCCCCCCCCCCCCOc1cccc(c1)NC(=O)N3)NC(=O)Nc1cccc(c1)OCCCCCCCCCCCCCCCCCCCCOc1cccc(c1)NC(=O)N4. The van der Waals surface area contributed by atoms with Gasteiger partial charge in [-0.3, -0.25) is 0 Å². The summed E-state index contributed by atoms with van der Waals surface area (Å²) in [5.74, 6) is 5.13. The standard InChI is InChI=1S/C116H164N8O12/c1-5-9-45-69-133-109-89-73-90-78-102-83-95(110(90)134-70-46-10-6-2)76-96-84-104-80-92(112(96)136-72-48-12-8-4)74-91-79-103(123-115(127)119-99-59-55-63-107(87-99)131-67-51-43-39-35-31-27-23-19-15-16-20-24-28-32-36-40-44-52-68-132-108-64-56-60-100(88-108)120-116(128)124-104)82-94(111(91)135-71-47-11-7-3)75-93(109)81-101(77-89)121-113(125)117-97-57-53-61-105(85-97)129-65-49-41-37-33-29-25-21-17-13-14-18-22-26-30-34-38-42-50-66-130-106-62-54-58-98(86-106)118-114(126)122-102/h53-64,77-88H,5-52,65-76H2,1-4H3,(H2,117,121,125)(H2,118,122,126)(H2,119,123,127)(H2,120,124,128). The van der Waals surface area contributed by atoms with Crippen LogP contribution in [0.1, 0.15) is 380 Å². The number of carbonyl (C=O) groups excluding carboxylic acids is 4. The molecule has 0 aromatic heterocycles. The molecule has 8 amide bonds. The smallest absolute Gasteiger partial charge is 0.323 e. The Kier molecular flexibility index (Phi) is 48.9. The first-order valence-electron chi connectivity index (χ1n) is 53.3. The van der Waals surface area contributed by atoms with Gasteiger partial charge in [-0.15, -0.1) is 0 Å². The topological polar surface area (TPSA) is 238 Å². The summed E-state index contributed by atoms with van der Waals surface area (Å²) in [6, 6.07) is 44.4. The summed E-state index contributed by atoms with van der Waals surface area (Å²) in [6.45, 7) is 12.5. The Balaban J connectivity index is 1.06. The zero-order valence-corrected chi connectivity index (χ0v) is 83.2. The largest absolute Gasteiger partial charge is 0.494 e. The molecule has 3 aliphatic rings. The summed E-state index contributed by atoms with van der Waals surface area (Å²) >= 11 is 0. The van der Waals surface area contributed by atoms with Gasteiger partial charge in [-0.1, -0.05) is 309 Å². The molecule has 136 heavy (non-hydrogen) atoms. The van der Waals surface area contributed by atoms with Gasteiger partial charge in [0.05, 0.1) is 52.9 Å². The fraction of sp³-hybridized carbons (Fsp3) is 0.552. The van der Waals surface area contributed by atoms with Crippen molar-refractivity contribution in [3.8, 4) is 46.0 Å². The Morgan fingerprint density at radius 1 is 0.206 bits per heavy atom. The number of unbranched alkanes of at least 4 members (excludes halogenated alkanes) is 8. The number of ether oxygens (including phenoxy) is 8. The van der Waals surface area contributed by atoms with Crippen LogP contribution in [-0.2, 0) is 25.7 Å². The lowest BCUT2D eigenvalue weighted by molar-refractivity contribution is 0.261. The van der Waals surface area contributed by atoms with Gasteiger partial charge in [0.15, 0.2) is 0 Å². The van der Waals surface area contributed by atoms with Crippen molar-refractivity contribution < 1.29 is 57.1 Å². The lowest BCUT2D eigenvalue weighted by atomic mass is 9.90. The molecule has 8 aromatic carbocycles. The number of anilines is 8. The van der Waals surface area contributed by atoms with Crippen molar-refractivity contribution >= 4 is 69.6 Å². The minimum absolute atomic E-state index is 0.179. The van der Waals surface area contributed by atoms with Crippen LogP contribution in [0.5, 0.6) is 46.0 Å². The van der Waals surface area contributed by atoms with E-state index in [4.69, 9.17) is 37.9 Å². The van der Waals surface area contributed by atoms with E-state index in [2.05, 4.69) is 70.2 Å². The minimum Gasteiger partial charge on any atom is -0.494 e. The van der Waals surface area contributed by atoms with E-state index in [0.29, 0.717) is 144 Å². The van der Waals surface area contributed by atoms with Gasteiger partial charge >= 0.3 is 24.1 Å². The zero-order valence-electron chi connectivity index (χ0n) is 83.2. The Morgan fingerprint density at radius 2 is 0.368 bits per heavy atom. The number of benzene rings is 8. The van der Waals surface area contributed by atoms with Crippen LogP contribution in [0.2, 0.25) is 0 Å². The molecule has 2 heterocycles. The maximum Gasteiger partial charge on any atom is 0.323 e. The van der Waals surface area contributed by atoms with Crippen LogP contribution in [0.3, 0.4) is 0 Å². The molecule has 0 atom stereocenters. The molecule has 0 unspecified atom stereocenters. The number of carbonyl (C=O) groups is 4. The predicted molar refractivity (Wildman–Crippen MR) is 562 cm³/mol. The van der Waals surface area contributed by atoms with Gasteiger partial charge in [0.1, 0.15) is 46.0 Å². The first-order chi connectivity index (χ1) is 66.9. The highest BCUT2D eigenvalue weighted by Gasteiger charge is 2.28. The van der Waals surface area contributed by atoms with Crippen molar-refractivity contribution in [2.75, 3.05) is 95.4 Å². The monoisotopic (exact) mass is 1860 g/mol. The summed E-state index contributed by atoms with van der Waals surface area (Å²) in [6.07, 6.45) is 55.4. The molecule has 20 nitrogen and oxygen atoms in total. The molecule has 8 aromatic rings. The second-order valence-electron chi connectivity index (χ2n) is 38.0. The highest BCUT2D eigenvalue weighted by Crippen LogP contribution is 2.45. The lowest BCUT2D eigenvalue weighted by Gasteiger charge is -2.25. The van der Waals surface area contributed by atoms with E-state index in [1.54, 1.807) is 0 Å². The molecule has 0 saturated heterocycles. The highest BCUT2D eigenvalue weighted by molar-refractivity contribution is 6.03. The summed E-state index contributed by atoms with van der Waals surface area (Å²) in [5, 5.41) is 25.9. The number of hydrogen-bond acceptors (Lipinski definition) is 12. The fourth-order valence-electron chi connectivity index (χ4n) is 18.7. The molecular weight excluding hydrogens is 1700 g/mol. The fourth-order valence-corrected chi connectivity index (χ4v) is 18.7. The Bertz CT molecular complexity index is 4150. The summed E-state index contributed by atoms with van der Waals surface area (Å²) in [5.41, 5.74) is 10.1. The average molecular weight is 1860 g/mol. The quantitative estimate of drug-likeness (QED) is 0.0333. The van der Waals surface area contributed by atoms with Crippen LogP contribution in [-0.4, -0.2) is 77.0 Å². The van der Waals surface area contributed by atoms with E-state index in [1.165, 1.54) is 180 Å². The first kappa shape index (κ1) is 106. The predicted octanol–water partition coefficient (Wildman–Crippen LogP) is 32.8. The molecule has 1 aliphatic carbocycles. The third-order valence-corrected chi connectivity index (χ3v) is 26.0. The summed E-state index contributed by atoms with van der Waals surface area (Å²) in [4.78, 5) is 60.3. The first-order valence-corrected chi connectivity index (χ1v) is 53.3. The molecule has 20 bridgehead atoms. The van der Waals surface area contributed by atoms with Gasteiger partial charge in [0.2, 0.25) is 0 Å². The van der Waals surface area contributed by atoms with E-state index in [9.17, 15) is 0 Å². The van der Waals surface area contributed by atoms with E-state index in [0.717, 1.165) is 173 Å². The maximum absolute atomic E-state index is 15.1. The van der Waals surface area contributed by atoms with Gasteiger partial charge in [-0.25, -0.2) is 19.2 Å². The van der Waals surface area contributed by atoms with Gasteiger partial charge in [0, 0.05) is 140 Å². The van der Waals surface area contributed by atoms with Crippen molar-refractivity contribution in [1.29, 1.82) is 0 Å². The molecule has 0 radical (unpaired) electrons. The van der Waals surface area contributed by atoms with Gasteiger partial charge < -0.3 is 80.4 Å². The van der Waals surface area contributed by atoms with Crippen LogP contribution < -0.4 is 80.4 Å². The molecule has 11 rings (SSSR count). The Hall–Kier alpha value is -10.8. The van der Waals surface area contributed by atoms with E-state index in [-0.39, 0.29) is 25.7 Å². The summed E-state index contributed by atoms with van der Waals surface area (Å²) < 4.78 is 54.9. The molecule has 0 fully saturated rings. The molecule has 8 N–H and O–H groups in total. The van der Waals surface area contributed by atoms with Gasteiger partial charge in [-0.05, 0) is 148 Å². The van der Waals surface area contributed by atoms with E-state index < -0.39 is 24.1 Å². The number of fused-ring (bicyclic) bond motifs is 16. The third kappa shape index (κ3) is 39.7. The number of hydrogen-bond donors (Lipinski definition) is 8. The van der Waals surface area contributed by atoms with Crippen LogP contribution in [0.25, 0.3) is 0 Å². The molecule has 2 aliphatic heterocycles. The van der Waals surface area contributed by atoms with E-state index in [1.807, 2.05) is 146 Å². The number of rotatable bonds is 20. The number of urea groups is 4. The molecular formula is C116H164N8O12. The second-order valence-corrected chi connectivity index (χ2v) is 38.0. The van der Waals surface area contributed by atoms with Crippen molar-refractivity contribution in [3.63, 3.8) is 0 Å². The number of nitrogens with one attached hydrogen (secondary N) is 8. The van der Waals surface area contributed by atoms with Gasteiger partial charge in [0.25, 0.3) is 0 Å². The lowest BCUT2D eigenvalue weighted by Crippen LogP contribution is -2.21. The Labute approximate surface area is 815 Å². The Morgan fingerprint density at radius 3 is 0.537 bits per heavy atom. The number of amides is 8. The minimum atomic E-state index is -0.468. The molecule has 0 spiro atoms. The van der Waals surface area contributed by atoms with Crippen molar-refractivity contribution in [2.45, 2.75) is 362 Å². The van der Waals surface area contributed by atoms with Crippen molar-refractivity contribution in [1.82, 2.24) is 0 Å². The zero-order chi connectivity index (χ0) is 94.9. The average Bonchev–Trinajstić information content (AvgIpc) is 0.769. The van der Waals surface area contributed by atoms with Gasteiger partial charge in [-0.2, -0.15) is 0 Å². The van der Waals surface area contributed by atoms with E-state index >= 15 is 19.2 Å². The summed E-state index contributed by atoms with van der Waals surface area (Å²) in [7, 11) is 0.